The lowest BCUT2D eigenvalue weighted by Crippen LogP contribution is -2.15. The number of benzene rings is 3. The monoisotopic (exact) mass is 474 g/mol. The highest BCUT2D eigenvalue weighted by molar-refractivity contribution is 9.10. The summed E-state index contributed by atoms with van der Waals surface area (Å²) in [5.74, 6) is -1.47. The van der Waals surface area contributed by atoms with E-state index in [9.17, 15) is 9.90 Å². The Bertz CT molecular complexity index is 1230. The molecule has 0 aliphatic heterocycles. The number of carboxylic acids is 1. The highest BCUT2D eigenvalue weighted by atomic mass is 79.9. The van der Waals surface area contributed by atoms with Crippen molar-refractivity contribution in [2.24, 2.45) is 0 Å². The van der Waals surface area contributed by atoms with Crippen LogP contribution in [-0.4, -0.2) is 20.9 Å². The molecular formula is C26H23BrN2O2. The predicted molar refractivity (Wildman–Crippen MR) is 127 cm³/mol. The van der Waals surface area contributed by atoms with E-state index >= 15 is 0 Å². The van der Waals surface area contributed by atoms with E-state index in [1.165, 1.54) is 5.56 Å². The molecule has 1 heterocycles. The van der Waals surface area contributed by atoms with Crippen molar-refractivity contribution < 1.29 is 9.90 Å². The second-order valence-electron chi connectivity index (χ2n) is 7.77. The summed E-state index contributed by atoms with van der Waals surface area (Å²) in [6, 6.07) is 24.0. The van der Waals surface area contributed by atoms with Crippen LogP contribution in [0.15, 0.2) is 83.5 Å². The van der Waals surface area contributed by atoms with E-state index in [2.05, 4.69) is 52.2 Å². The molecule has 0 fully saturated rings. The lowest BCUT2D eigenvalue weighted by atomic mass is 9.93. The zero-order valence-corrected chi connectivity index (χ0v) is 19.0. The standard InChI is InChI=1S/C26H23BrN2O2/c1-17-4-3-5-20(14-17)25(26(30)31)15-22-12-13-29(28-22)23-11-6-18(2)24(16-23)19-7-9-21(27)10-8-19/h3-14,16,25H,15H2,1-2H3,(H,30,31). The molecular weight excluding hydrogens is 452 g/mol. The molecule has 0 spiro atoms. The Kier molecular flexibility index (Phi) is 6.05. The third-order valence-corrected chi connectivity index (χ3v) is 5.97. The fourth-order valence-corrected chi connectivity index (χ4v) is 4.02. The second kappa shape index (κ2) is 8.90. The number of aliphatic carboxylic acids is 1. The molecule has 0 amide bonds. The molecule has 4 aromatic rings. The molecule has 5 heteroatoms. The Morgan fingerprint density at radius 1 is 1.03 bits per heavy atom. The van der Waals surface area contributed by atoms with Gasteiger partial charge in [-0.1, -0.05) is 64.0 Å². The molecule has 1 N–H and O–H groups in total. The van der Waals surface area contributed by atoms with Gasteiger partial charge in [0.2, 0.25) is 0 Å². The number of hydrogen-bond acceptors (Lipinski definition) is 2. The molecule has 1 atom stereocenters. The number of nitrogens with zero attached hydrogens (tertiary/aromatic N) is 2. The van der Waals surface area contributed by atoms with Gasteiger partial charge >= 0.3 is 5.97 Å². The molecule has 0 saturated carbocycles. The van der Waals surface area contributed by atoms with Crippen molar-refractivity contribution in [1.82, 2.24) is 9.78 Å². The molecule has 0 bridgehead atoms. The Balaban J connectivity index is 1.62. The topological polar surface area (TPSA) is 55.1 Å². The largest absolute Gasteiger partial charge is 0.481 e. The molecule has 1 aromatic heterocycles. The number of halogens is 1. The van der Waals surface area contributed by atoms with Gasteiger partial charge < -0.3 is 5.11 Å². The van der Waals surface area contributed by atoms with Crippen molar-refractivity contribution in [2.75, 3.05) is 0 Å². The fraction of sp³-hybridized carbons (Fsp3) is 0.154. The summed E-state index contributed by atoms with van der Waals surface area (Å²) in [6.45, 7) is 4.06. The van der Waals surface area contributed by atoms with Gasteiger partial charge in [-0.05, 0) is 66.4 Å². The van der Waals surface area contributed by atoms with Gasteiger partial charge in [-0.25, -0.2) is 4.68 Å². The molecule has 3 aromatic carbocycles. The van der Waals surface area contributed by atoms with Crippen molar-refractivity contribution in [3.63, 3.8) is 0 Å². The van der Waals surface area contributed by atoms with Crippen LogP contribution in [0.1, 0.15) is 28.3 Å². The van der Waals surface area contributed by atoms with Crippen molar-refractivity contribution >= 4 is 21.9 Å². The molecule has 0 radical (unpaired) electrons. The maximum atomic E-state index is 11.9. The van der Waals surface area contributed by atoms with Crippen LogP contribution in [0.3, 0.4) is 0 Å². The van der Waals surface area contributed by atoms with Crippen LogP contribution in [0.4, 0.5) is 0 Å². The minimum absolute atomic E-state index is 0.344. The normalized spacial score (nSPS) is 12.0. The first kappa shape index (κ1) is 21.1. The summed E-state index contributed by atoms with van der Waals surface area (Å²) >= 11 is 3.48. The zero-order valence-electron chi connectivity index (χ0n) is 17.4. The summed E-state index contributed by atoms with van der Waals surface area (Å²) in [7, 11) is 0. The van der Waals surface area contributed by atoms with Crippen molar-refractivity contribution in [1.29, 1.82) is 0 Å². The summed E-state index contributed by atoms with van der Waals surface area (Å²) in [6.07, 6.45) is 2.23. The fourth-order valence-electron chi connectivity index (χ4n) is 3.75. The summed E-state index contributed by atoms with van der Waals surface area (Å²) in [5.41, 5.74) is 7.01. The maximum Gasteiger partial charge on any atom is 0.311 e. The highest BCUT2D eigenvalue weighted by Gasteiger charge is 2.22. The van der Waals surface area contributed by atoms with E-state index in [1.54, 1.807) is 0 Å². The highest BCUT2D eigenvalue weighted by Crippen LogP contribution is 2.28. The minimum atomic E-state index is -0.840. The van der Waals surface area contributed by atoms with Crippen LogP contribution in [-0.2, 0) is 11.2 Å². The Labute approximate surface area is 190 Å². The number of aromatic nitrogens is 2. The lowest BCUT2D eigenvalue weighted by Gasteiger charge is -2.12. The molecule has 31 heavy (non-hydrogen) atoms. The van der Waals surface area contributed by atoms with Gasteiger partial charge in [-0.2, -0.15) is 5.10 Å². The van der Waals surface area contributed by atoms with Gasteiger partial charge in [0.25, 0.3) is 0 Å². The van der Waals surface area contributed by atoms with E-state index in [0.29, 0.717) is 6.42 Å². The van der Waals surface area contributed by atoms with Gasteiger partial charge in [-0.3, -0.25) is 4.79 Å². The van der Waals surface area contributed by atoms with Crippen LogP contribution in [0.25, 0.3) is 16.8 Å². The van der Waals surface area contributed by atoms with Gasteiger partial charge in [0.05, 0.1) is 17.3 Å². The van der Waals surface area contributed by atoms with E-state index < -0.39 is 11.9 Å². The molecule has 4 nitrogen and oxygen atoms in total. The first-order valence-electron chi connectivity index (χ1n) is 10.1. The van der Waals surface area contributed by atoms with Crippen molar-refractivity contribution in [2.45, 2.75) is 26.2 Å². The third kappa shape index (κ3) is 4.78. The van der Waals surface area contributed by atoms with Crippen molar-refractivity contribution in [3.8, 4) is 16.8 Å². The average Bonchev–Trinajstić information content (AvgIpc) is 3.22. The zero-order chi connectivity index (χ0) is 22.0. The van der Waals surface area contributed by atoms with Gasteiger partial charge in [0, 0.05) is 17.1 Å². The quantitative estimate of drug-likeness (QED) is 0.355. The summed E-state index contributed by atoms with van der Waals surface area (Å²) < 4.78 is 2.86. The summed E-state index contributed by atoms with van der Waals surface area (Å²) in [5, 5.41) is 14.5. The average molecular weight is 475 g/mol. The maximum absolute atomic E-state index is 11.9. The predicted octanol–water partition coefficient (Wildman–Crippen LogP) is 6.33. The van der Waals surface area contributed by atoms with Gasteiger partial charge in [0.1, 0.15) is 0 Å². The molecule has 0 aliphatic carbocycles. The number of hydrogen-bond donors (Lipinski definition) is 1. The van der Waals surface area contributed by atoms with Crippen LogP contribution in [0.5, 0.6) is 0 Å². The molecule has 156 valence electrons. The molecule has 0 aliphatic rings. The number of aryl methyl sites for hydroxylation is 2. The number of rotatable bonds is 6. The van der Waals surface area contributed by atoms with E-state index in [1.807, 2.05) is 66.3 Å². The van der Waals surface area contributed by atoms with Crippen LogP contribution >= 0.6 is 15.9 Å². The SMILES string of the molecule is Cc1cccc(C(Cc2ccn(-c3ccc(C)c(-c4ccc(Br)cc4)c3)n2)C(=O)O)c1. The first-order valence-corrected chi connectivity index (χ1v) is 10.9. The van der Waals surface area contributed by atoms with Crippen LogP contribution < -0.4 is 0 Å². The van der Waals surface area contributed by atoms with Gasteiger partial charge in [0.15, 0.2) is 0 Å². The smallest absolute Gasteiger partial charge is 0.311 e. The number of carboxylic acid groups (broad SMARTS) is 1. The van der Waals surface area contributed by atoms with Crippen LogP contribution in [0, 0.1) is 13.8 Å². The summed E-state index contributed by atoms with van der Waals surface area (Å²) in [4.78, 5) is 11.9. The molecule has 1 unspecified atom stereocenters. The lowest BCUT2D eigenvalue weighted by molar-refractivity contribution is -0.138. The van der Waals surface area contributed by atoms with E-state index in [-0.39, 0.29) is 0 Å². The third-order valence-electron chi connectivity index (χ3n) is 5.44. The van der Waals surface area contributed by atoms with E-state index in [4.69, 9.17) is 0 Å². The van der Waals surface area contributed by atoms with Gasteiger partial charge in [-0.15, -0.1) is 0 Å². The molecule has 4 rings (SSSR count). The Hall–Kier alpha value is -3.18. The Morgan fingerprint density at radius 2 is 1.81 bits per heavy atom. The minimum Gasteiger partial charge on any atom is -0.481 e. The number of carbonyl (C=O) groups is 1. The Morgan fingerprint density at radius 3 is 2.52 bits per heavy atom. The molecule has 0 saturated heterocycles. The van der Waals surface area contributed by atoms with Crippen molar-refractivity contribution in [3.05, 3.63) is 106 Å². The van der Waals surface area contributed by atoms with E-state index in [0.717, 1.165) is 38.1 Å². The first-order chi connectivity index (χ1) is 14.9. The second-order valence-corrected chi connectivity index (χ2v) is 8.68. The van der Waals surface area contributed by atoms with Crippen LogP contribution in [0.2, 0.25) is 0 Å².